The molecule has 1 aromatic heterocycles. The smallest absolute Gasteiger partial charge is 0.257 e. The lowest BCUT2D eigenvalue weighted by Gasteiger charge is -2.06. The molecule has 1 heterocycles. The lowest BCUT2D eigenvalue weighted by molar-refractivity contribution is 0.102. The van der Waals surface area contributed by atoms with E-state index in [0.29, 0.717) is 5.69 Å². The molecule has 1 aromatic carbocycles. The first-order valence-corrected chi connectivity index (χ1v) is 5.03. The molecular formula is C12H9F2N3O. The number of rotatable bonds is 2. The molecule has 0 fully saturated rings. The van der Waals surface area contributed by atoms with E-state index in [0.717, 1.165) is 18.2 Å². The van der Waals surface area contributed by atoms with Crippen LogP contribution < -0.4 is 11.1 Å². The van der Waals surface area contributed by atoms with Gasteiger partial charge in [-0.05, 0) is 18.2 Å². The maximum absolute atomic E-state index is 13.3. The number of benzene rings is 1. The minimum Gasteiger partial charge on any atom is -0.397 e. The molecule has 0 atom stereocenters. The summed E-state index contributed by atoms with van der Waals surface area (Å²) in [5, 5.41) is 2.25. The summed E-state index contributed by atoms with van der Waals surface area (Å²) in [6.45, 7) is 0. The molecule has 0 aliphatic carbocycles. The Labute approximate surface area is 101 Å². The number of hydrogen-bond donors (Lipinski definition) is 2. The maximum atomic E-state index is 13.3. The Morgan fingerprint density at radius 2 is 2.00 bits per heavy atom. The number of nitrogens with zero attached hydrogens (tertiary/aromatic N) is 1. The molecule has 0 unspecified atom stereocenters. The van der Waals surface area contributed by atoms with Gasteiger partial charge in [-0.15, -0.1) is 0 Å². The molecular weight excluding hydrogens is 240 g/mol. The van der Waals surface area contributed by atoms with E-state index in [1.807, 2.05) is 0 Å². The topological polar surface area (TPSA) is 68.0 Å². The number of amides is 1. The summed E-state index contributed by atoms with van der Waals surface area (Å²) >= 11 is 0. The summed E-state index contributed by atoms with van der Waals surface area (Å²) in [6, 6.07) is 4.18. The van der Waals surface area contributed by atoms with Crippen molar-refractivity contribution in [2.24, 2.45) is 0 Å². The molecule has 0 saturated carbocycles. The highest BCUT2D eigenvalue weighted by Gasteiger charge is 2.10. The molecule has 0 bridgehead atoms. The van der Waals surface area contributed by atoms with Crippen LogP contribution in [0.4, 0.5) is 20.2 Å². The Kier molecular flexibility index (Phi) is 3.18. The second-order valence-corrected chi connectivity index (χ2v) is 3.59. The van der Waals surface area contributed by atoms with E-state index in [-0.39, 0.29) is 11.3 Å². The molecule has 4 nitrogen and oxygen atoms in total. The summed E-state index contributed by atoms with van der Waals surface area (Å²) in [7, 11) is 0. The maximum Gasteiger partial charge on any atom is 0.257 e. The van der Waals surface area contributed by atoms with Crippen molar-refractivity contribution in [3.63, 3.8) is 0 Å². The molecule has 0 aliphatic rings. The number of anilines is 2. The summed E-state index contributed by atoms with van der Waals surface area (Å²) in [6.07, 6.45) is 2.66. The summed E-state index contributed by atoms with van der Waals surface area (Å²) < 4.78 is 26.2. The third-order valence-corrected chi connectivity index (χ3v) is 2.20. The Morgan fingerprint density at radius 1 is 1.22 bits per heavy atom. The second kappa shape index (κ2) is 4.79. The lowest BCUT2D eigenvalue weighted by Crippen LogP contribution is -2.13. The molecule has 18 heavy (non-hydrogen) atoms. The monoisotopic (exact) mass is 249 g/mol. The van der Waals surface area contributed by atoms with E-state index in [1.165, 1.54) is 18.5 Å². The van der Waals surface area contributed by atoms with Crippen LogP contribution in [-0.2, 0) is 0 Å². The lowest BCUT2D eigenvalue weighted by atomic mass is 10.2. The van der Waals surface area contributed by atoms with Crippen molar-refractivity contribution in [1.29, 1.82) is 0 Å². The van der Waals surface area contributed by atoms with Crippen molar-refractivity contribution in [3.8, 4) is 0 Å². The largest absolute Gasteiger partial charge is 0.397 e. The van der Waals surface area contributed by atoms with Crippen molar-refractivity contribution in [1.82, 2.24) is 4.98 Å². The summed E-state index contributed by atoms with van der Waals surface area (Å²) in [5.74, 6) is -1.97. The molecule has 2 aromatic rings. The van der Waals surface area contributed by atoms with Crippen molar-refractivity contribution in [2.75, 3.05) is 11.1 Å². The van der Waals surface area contributed by atoms with Crippen LogP contribution in [0.25, 0.3) is 0 Å². The van der Waals surface area contributed by atoms with Crippen LogP contribution in [0, 0.1) is 11.6 Å². The SMILES string of the molecule is Nc1cncc(C(=O)Nc2cc(F)ccc2F)c1. The van der Waals surface area contributed by atoms with Gasteiger partial charge in [0, 0.05) is 18.5 Å². The predicted octanol–water partition coefficient (Wildman–Crippen LogP) is 2.19. The van der Waals surface area contributed by atoms with Crippen molar-refractivity contribution < 1.29 is 13.6 Å². The quantitative estimate of drug-likeness (QED) is 0.857. The van der Waals surface area contributed by atoms with E-state index >= 15 is 0 Å². The first kappa shape index (κ1) is 12.0. The number of carbonyl (C=O) groups is 1. The number of carbonyl (C=O) groups excluding carboxylic acids is 1. The number of aromatic nitrogens is 1. The number of nitrogens with one attached hydrogen (secondary N) is 1. The van der Waals surface area contributed by atoms with Gasteiger partial charge >= 0.3 is 0 Å². The molecule has 0 spiro atoms. The van der Waals surface area contributed by atoms with Gasteiger partial charge in [0.15, 0.2) is 0 Å². The fourth-order valence-electron chi connectivity index (χ4n) is 1.37. The molecule has 6 heteroatoms. The predicted molar refractivity (Wildman–Crippen MR) is 63.0 cm³/mol. The van der Waals surface area contributed by atoms with Gasteiger partial charge in [-0.2, -0.15) is 0 Å². The highest BCUT2D eigenvalue weighted by atomic mass is 19.1. The Balaban J connectivity index is 2.24. The van der Waals surface area contributed by atoms with Crippen LogP contribution in [0.15, 0.2) is 36.7 Å². The van der Waals surface area contributed by atoms with Gasteiger partial charge < -0.3 is 11.1 Å². The number of halogens is 2. The van der Waals surface area contributed by atoms with Gasteiger partial charge in [-0.25, -0.2) is 8.78 Å². The molecule has 1 amide bonds. The second-order valence-electron chi connectivity index (χ2n) is 3.59. The van der Waals surface area contributed by atoms with Crippen molar-refractivity contribution in [2.45, 2.75) is 0 Å². The van der Waals surface area contributed by atoms with Crippen molar-refractivity contribution >= 4 is 17.3 Å². The zero-order valence-electron chi connectivity index (χ0n) is 9.15. The summed E-state index contributed by atoms with van der Waals surface area (Å²) in [5.41, 5.74) is 5.71. The van der Waals surface area contributed by atoms with Crippen LogP contribution in [0.3, 0.4) is 0 Å². The Bertz CT molecular complexity index is 602. The number of pyridine rings is 1. The highest BCUT2D eigenvalue weighted by molar-refractivity contribution is 6.04. The normalized spacial score (nSPS) is 10.1. The molecule has 0 radical (unpaired) electrons. The van der Waals surface area contributed by atoms with Gasteiger partial charge in [0.1, 0.15) is 11.6 Å². The molecule has 92 valence electrons. The van der Waals surface area contributed by atoms with Gasteiger partial charge in [0.2, 0.25) is 0 Å². The zero-order valence-corrected chi connectivity index (χ0v) is 9.15. The highest BCUT2D eigenvalue weighted by Crippen LogP contribution is 2.16. The van der Waals surface area contributed by atoms with Crippen LogP contribution >= 0.6 is 0 Å². The van der Waals surface area contributed by atoms with Gasteiger partial charge in [-0.1, -0.05) is 0 Å². The summed E-state index contributed by atoms with van der Waals surface area (Å²) in [4.78, 5) is 15.5. The van der Waals surface area contributed by atoms with E-state index in [2.05, 4.69) is 10.3 Å². The fraction of sp³-hybridized carbons (Fsp3) is 0. The average Bonchev–Trinajstić information content (AvgIpc) is 2.34. The van der Waals surface area contributed by atoms with E-state index in [1.54, 1.807) is 0 Å². The van der Waals surface area contributed by atoms with Gasteiger partial charge in [0.05, 0.1) is 16.9 Å². The number of nitrogen functional groups attached to an aromatic ring is 1. The first-order valence-electron chi connectivity index (χ1n) is 5.03. The van der Waals surface area contributed by atoms with E-state index in [9.17, 15) is 13.6 Å². The van der Waals surface area contributed by atoms with Crippen LogP contribution in [0.1, 0.15) is 10.4 Å². The van der Waals surface area contributed by atoms with Crippen LogP contribution in [0.5, 0.6) is 0 Å². The third-order valence-electron chi connectivity index (χ3n) is 2.20. The zero-order chi connectivity index (χ0) is 13.1. The minimum atomic E-state index is -0.721. The molecule has 0 saturated heterocycles. The fourth-order valence-corrected chi connectivity index (χ4v) is 1.37. The molecule has 0 aliphatic heterocycles. The first-order chi connectivity index (χ1) is 8.56. The molecule has 2 rings (SSSR count). The molecule has 3 N–H and O–H groups in total. The van der Waals surface area contributed by atoms with E-state index < -0.39 is 17.5 Å². The number of nitrogens with two attached hydrogens (primary N) is 1. The standard InChI is InChI=1S/C12H9F2N3O/c13-8-1-2-10(14)11(4-8)17-12(18)7-3-9(15)6-16-5-7/h1-6H,15H2,(H,17,18). The van der Waals surface area contributed by atoms with Crippen LogP contribution in [0.2, 0.25) is 0 Å². The minimum absolute atomic E-state index is 0.165. The van der Waals surface area contributed by atoms with Crippen LogP contribution in [-0.4, -0.2) is 10.9 Å². The Morgan fingerprint density at radius 3 is 2.72 bits per heavy atom. The van der Waals surface area contributed by atoms with E-state index in [4.69, 9.17) is 5.73 Å². The van der Waals surface area contributed by atoms with Crippen molar-refractivity contribution in [3.05, 3.63) is 53.9 Å². The Hall–Kier alpha value is -2.50. The average molecular weight is 249 g/mol. The third kappa shape index (κ3) is 2.60. The van der Waals surface area contributed by atoms with Gasteiger partial charge in [0.25, 0.3) is 5.91 Å². The number of hydrogen-bond acceptors (Lipinski definition) is 3. The van der Waals surface area contributed by atoms with Gasteiger partial charge in [-0.3, -0.25) is 9.78 Å².